The number of ether oxygens (including phenoxy) is 1. The molecule has 104 valence electrons. The molecule has 0 bridgehead atoms. The van der Waals surface area contributed by atoms with Crippen molar-refractivity contribution < 1.29 is 4.74 Å². The number of nitrogens with two attached hydrogens (primary N) is 1. The standard InChI is InChI=1S/C15H22N2OS/c1-12-4-2-9-17(12)10-3-11-18-14-7-5-13(6-8-14)15(16)19/h5-8,12H,2-4,9-11H2,1H3,(H2,16,19). The zero-order valence-corrected chi connectivity index (χ0v) is 12.3. The van der Waals surface area contributed by atoms with Crippen molar-refractivity contribution in [3.63, 3.8) is 0 Å². The summed E-state index contributed by atoms with van der Waals surface area (Å²) in [6.45, 7) is 5.44. The molecule has 1 aromatic carbocycles. The Morgan fingerprint density at radius 3 is 2.74 bits per heavy atom. The Bertz CT molecular complexity index is 419. The van der Waals surface area contributed by atoms with Gasteiger partial charge in [0.25, 0.3) is 0 Å². The maximum atomic E-state index is 5.73. The van der Waals surface area contributed by atoms with Crippen LogP contribution in [0.25, 0.3) is 0 Å². The van der Waals surface area contributed by atoms with Crippen LogP contribution in [0.5, 0.6) is 5.75 Å². The monoisotopic (exact) mass is 278 g/mol. The Balaban J connectivity index is 1.69. The Morgan fingerprint density at radius 2 is 2.16 bits per heavy atom. The Hall–Kier alpha value is -1.13. The maximum absolute atomic E-state index is 5.73. The lowest BCUT2D eigenvalue weighted by Crippen LogP contribution is -2.28. The minimum absolute atomic E-state index is 0.426. The highest BCUT2D eigenvalue weighted by atomic mass is 32.1. The van der Waals surface area contributed by atoms with Crippen molar-refractivity contribution in [3.8, 4) is 5.75 Å². The highest BCUT2D eigenvalue weighted by molar-refractivity contribution is 7.80. The molecule has 1 unspecified atom stereocenters. The zero-order valence-electron chi connectivity index (χ0n) is 11.5. The number of rotatable bonds is 6. The largest absolute Gasteiger partial charge is 0.494 e. The summed E-state index contributed by atoms with van der Waals surface area (Å²) < 4.78 is 5.73. The normalized spacial score (nSPS) is 19.5. The fraction of sp³-hybridized carbons (Fsp3) is 0.533. The molecule has 0 radical (unpaired) electrons. The first kappa shape index (κ1) is 14.3. The van der Waals surface area contributed by atoms with Crippen LogP contribution in [0.15, 0.2) is 24.3 Å². The van der Waals surface area contributed by atoms with Crippen LogP contribution in [0.2, 0.25) is 0 Å². The number of hydrogen-bond acceptors (Lipinski definition) is 3. The number of thiocarbonyl (C=S) groups is 1. The summed E-state index contributed by atoms with van der Waals surface area (Å²) in [5.74, 6) is 0.884. The van der Waals surface area contributed by atoms with E-state index in [0.29, 0.717) is 4.99 Å². The van der Waals surface area contributed by atoms with Gasteiger partial charge < -0.3 is 15.4 Å². The average molecular weight is 278 g/mol. The summed E-state index contributed by atoms with van der Waals surface area (Å²) in [6.07, 6.45) is 3.74. The molecule has 1 fully saturated rings. The van der Waals surface area contributed by atoms with Crippen LogP contribution in [0.4, 0.5) is 0 Å². The van der Waals surface area contributed by atoms with Gasteiger partial charge in [0, 0.05) is 18.2 Å². The zero-order chi connectivity index (χ0) is 13.7. The number of hydrogen-bond donors (Lipinski definition) is 1. The van der Waals surface area contributed by atoms with E-state index in [1.807, 2.05) is 24.3 Å². The maximum Gasteiger partial charge on any atom is 0.119 e. The fourth-order valence-electron chi connectivity index (χ4n) is 2.50. The molecule has 0 amide bonds. The first-order valence-electron chi connectivity index (χ1n) is 6.93. The van der Waals surface area contributed by atoms with Crippen LogP contribution < -0.4 is 10.5 Å². The summed E-state index contributed by atoms with van der Waals surface area (Å²) in [5, 5.41) is 0. The molecule has 4 heteroatoms. The van der Waals surface area contributed by atoms with E-state index in [0.717, 1.165) is 36.9 Å². The topological polar surface area (TPSA) is 38.5 Å². The Labute approximate surface area is 120 Å². The van der Waals surface area contributed by atoms with E-state index in [1.54, 1.807) is 0 Å². The Kier molecular flexibility index (Phi) is 5.16. The van der Waals surface area contributed by atoms with Gasteiger partial charge in [-0.25, -0.2) is 0 Å². The molecular formula is C15H22N2OS. The molecule has 1 aromatic rings. The third-order valence-electron chi connectivity index (χ3n) is 3.69. The van der Waals surface area contributed by atoms with Gasteiger partial charge in [0.05, 0.1) is 6.61 Å². The lowest BCUT2D eigenvalue weighted by atomic mass is 10.2. The molecule has 1 aliphatic heterocycles. The van der Waals surface area contributed by atoms with Gasteiger partial charge in [0.15, 0.2) is 0 Å². The van der Waals surface area contributed by atoms with Gasteiger partial charge in [-0.3, -0.25) is 0 Å². The molecule has 3 nitrogen and oxygen atoms in total. The predicted octanol–water partition coefficient (Wildman–Crippen LogP) is 2.57. The van der Waals surface area contributed by atoms with Crippen molar-refractivity contribution in [2.45, 2.75) is 32.2 Å². The van der Waals surface area contributed by atoms with Crippen molar-refractivity contribution in [3.05, 3.63) is 29.8 Å². The van der Waals surface area contributed by atoms with E-state index in [2.05, 4.69) is 11.8 Å². The molecule has 0 aromatic heterocycles. The van der Waals surface area contributed by atoms with Gasteiger partial charge >= 0.3 is 0 Å². The van der Waals surface area contributed by atoms with Gasteiger partial charge in [-0.1, -0.05) is 12.2 Å². The van der Waals surface area contributed by atoms with Gasteiger partial charge in [-0.2, -0.15) is 0 Å². The molecular weight excluding hydrogens is 256 g/mol. The Morgan fingerprint density at radius 1 is 1.42 bits per heavy atom. The van der Waals surface area contributed by atoms with Crippen LogP contribution in [0.3, 0.4) is 0 Å². The van der Waals surface area contributed by atoms with E-state index in [9.17, 15) is 0 Å². The number of nitrogens with zero attached hydrogens (tertiary/aromatic N) is 1. The van der Waals surface area contributed by atoms with E-state index in [1.165, 1.54) is 19.4 Å². The van der Waals surface area contributed by atoms with Crippen LogP contribution in [-0.4, -0.2) is 35.6 Å². The van der Waals surface area contributed by atoms with Crippen molar-refractivity contribution >= 4 is 17.2 Å². The van der Waals surface area contributed by atoms with Crippen molar-refractivity contribution in [2.75, 3.05) is 19.7 Å². The fourth-order valence-corrected chi connectivity index (χ4v) is 2.63. The van der Waals surface area contributed by atoms with Crippen LogP contribution >= 0.6 is 12.2 Å². The third kappa shape index (κ3) is 4.18. The number of likely N-dealkylation sites (tertiary alicyclic amines) is 1. The molecule has 1 heterocycles. The third-order valence-corrected chi connectivity index (χ3v) is 3.92. The second kappa shape index (κ2) is 6.87. The predicted molar refractivity (Wildman–Crippen MR) is 82.7 cm³/mol. The smallest absolute Gasteiger partial charge is 0.119 e. The lowest BCUT2D eigenvalue weighted by Gasteiger charge is -2.20. The first-order chi connectivity index (χ1) is 9.16. The molecule has 2 N–H and O–H groups in total. The van der Waals surface area contributed by atoms with Gasteiger partial charge in [0.2, 0.25) is 0 Å². The molecule has 1 atom stereocenters. The molecule has 0 aliphatic carbocycles. The second-order valence-corrected chi connectivity index (χ2v) is 5.56. The molecule has 2 rings (SSSR count). The van der Waals surface area contributed by atoms with E-state index < -0.39 is 0 Å². The van der Waals surface area contributed by atoms with E-state index in [4.69, 9.17) is 22.7 Å². The minimum atomic E-state index is 0.426. The van der Waals surface area contributed by atoms with Crippen molar-refractivity contribution in [1.29, 1.82) is 0 Å². The summed E-state index contributed by atoms with van der Waals surface area (Å²) >= 11 is 4.92. The minimum Gasteiger partial charge on any atom is -0.494 e. The van der Waals surface area contributed by atoms with Crippen molar-refractivity contribution in [1.82, 2.24) is 4.90 Å². The quantitative estimate of drug-likeness (QED) is 0.641. The summed E-state index contributed by atoms with van der Waals surface area (Å²) in [4.78, 5) is 2.97. The number of benzene rings is 1. The van der Waals surface area contributed by atoms with E-state index in [-0.39, 0.29) is 0 Å². The second-order valence-electron chi connectivity index (χ2n) is 5.12. The molecule has 1 saturated heterocycles. The van der Waals surface area contributed by atoms with Gasteiger partial charge in [0.1, 0.15) is 10.7 Å². The van der Waals surface area contributed by atoms with Crippen LogP contribution in [-0.2, 0) is 0 Å². The average Bonchev–Trinajstić information content (AvgIpc) is 2.81. The van der Waals surface area contributed by atoms with Crippen molar-refractivity contribution in [2.24, 2.45) is 5.73 Å². The molecule has 0 saturated carbocycles. The summed E-state index contributed by atoms with van der Waals surface area (Å²) in [6, 6.07) is 8.39. The molecule has 0 spiro atoms. The van der Waals surface area contributed by atoms with E-state index >= 15 is 0 Å². The lowest BCUT2D eigenvalue weighted by molar-refractivity contribution is 0.230. The first-order valence-corrected chi connectivity index (χ1v) is 7.34. The van der Waals surface area contributed by atoms with Gasteiger partial charge in [-0.15, -0.1) is 0 Å². The SMILES string of the molecule is CC1CCCN1CCCOc1ccc(C(N)=S)cc1. The summed E-state index contributed by atoms with van der Waals surface area (Å²) in [7, 11) is 0. The van der Waals surface area contributed by atoms with Gasteiger partial charge in [-0.05, 0) is 57.0 Å². The van der Waals surface area contributed by atoms with Crippen LogP contribution in [0, 0.1) is 0 Å². The highest BCUT2D eigenvalue weighted by Gasteiger charge is 2.18. The molecule has 19 heavy (non-hydrogen) atoms. The van der Waals surface area contributed by atoms with Crippen LogP contribution in [0.1, 0.15) is 31.7 Å². The molecule has 1 aliphatic rings. The summed E-state index contributed by atoms with van der Waals surface area (Å²) in [5.41, 5.74) is 6.44. The highest BCUT2D eigenvalue weighted by Crippen LogP contribution is 2.17.